The molecule has 94 valence electrons. The van der Waals surface area contributed by atoms with E-state index >= 15 is 0 Å². The van der Waals surface area contributed by atoms with E-state index in [1.54, 1.807) is 0 Å². The monoisotopic (exact) mass is 240 g/mol. The van der Waals surface area contributed by atoms with Gasteiger partial charge in [-0.05, 0) is 24.8 Å². The first-order chi connectivity index (χ1) is 8.20. The van der Waals surface area contributed by atoms with Crippen LogP contribution in [-0.2, 0) is 0 Å². The van der Waals surface area contributed by atoms with Crippen LogP contribution in [0.15, 0.2) is 18.2 Å². The minimum absolute atomic E-state index is 0.0637. The van der Waals surface area contributed by atoms with Crippen LogP contribution in [0.1, 0.15) is 50.2 Å². The number of halogens is 2. The van der Waals surface area contributed by atoms with Crippen molar-refractivity contribution >= 4 is 0 Å². The molecule has 1 unspecified atom stereocenters. The van der Waals surface area contributed by atoms with Crippen molar-refractivity contribution in [3.63, 3.8) is 0 Å². The molecule has 0 aromatic heterocycles. The van der Waals surface area contributed by atoms with Crippen molar-refractivity contribution < 1.29 is 13.9 Å². The molecule has 2 rings (SSSR count). The summed E-state index contributed by atoms with van der Waals surface area (Å²) in [6.07, 6.45) is 5.42. The fourth-order valence-electron chi connectivity index (χ4n) is 2.63. The zero-order valence-corrected chi connectivity index (χ0v) is 9.83. The van der Waals surface area contributed by atoms with Crippen LogP contribution in [0.4, 0.5) is 8.78 Å². The zero-order valence-electron chi connectivity index (χ0n) is 9.83. The Bertz CT molecular complexity index is 370. The molecule has 1 aliphatic rings. The third kappa shape index (κ3) is 2.83. The standard InChI is InChI=1S/C14H18F2O/c15-12-9-5-8-11(13(12)16)14(17)10-6-3-1-2-4-7-10/h5,8-10,14,17H,1-4,6-7H2. The van der Waals surface area contributed by atoms with E-state index in [2.05, 4.69) is 0 Å². The molecule has 0 bridgehead atoms. The van der Waals surface area contributed by atoms with Crippen LogP contribution in [-0.4, -0.2) is 5.11 Å². The molecule has 0 saturated heterocycles. The molecule has 1 aromatic rings. The van der Waals surface area contributed by atoms with E-state index < -0.39 is 17.7 Å². The van der Waals surface area contributed by atoms with Gasteiger partial charge in [0.05, 0.1) is 6.10 Å². The first-order valence-corrected chi connectivity index (χ1v) is 6.32. The fourth-order valence-corrected chi connectivity index (χ4v) is 2.63. The Morgan fingerprint density at radius 1 is 1.06 bits per heavy atom. The maximum atomic E-state index is 13.6. The molecule has 1 aliphatic carbocycles. The minimum Gasteiger partial charge on any atom is -0.388 e. The summed E-state index contributed by atoms with van der Waals surface area (Å²) in [5.74, 6) is -1.71. The average Bonchev–Trinajstić information content (AvgIpc) is 2.60. The molecule has 1 aromatic carbocycles. The summed E-state index contributed by atoms with van der Waals surface area (Å²) in [4.78, 5) is 0. The molecule has 1 nitrogen and oxygen atoms in total. The Morgan fingerprint density at radius 3 is 2.35 bits per heavy atom. The molecule has 1 atom stereocenters. The van der Waals surface area contributed by atoms with E-state index in [-0.39, 0.29) is 11.5 Å². The predicted octanol–water partition coefficient (Wildman–Crippen LogP) is 3.97. The zero-order chi connectivity index (χ0) is 12.3. The largest absolute Gasteiger partial charge is 0.388 e. The van der Waals surface area contributed by atoms with Gasteiger partial charge in [-0.2, -0.15) is 0 Å². The van der Waals surface area contributed by atoms with Crippen LogP contribution in [0.3, 0.4) is 0 Å². The van der Waals surface area contributed by atoms with Gasteiger partial charge in [0, 0.05) is 5.56 Å². The Morgan fingerprint density at radius 2 is 1.71 bits per heavy atom. The topological polar surface area (TPSA) is 20.2 Å². The third-order valence-electron chi connectivity index (χ3n) is 3.65. The van der Waals surface area contributed by atoms with Gasteiger partial charge < -0.3 is 5.11 Å². The van der Waals surface area contributed by atoms with E-state index in [9.17, 15) is 13.9 Å². The lowest BCUT2D eigenvalue weighted by Crippen LogP contribution is -2.14. The Hall–Kier alpha value is -0.960. The number of hydrogen-bond acceptors (Lipinski definition) is 1. The highest BCUT2D eigenvalue weighted by Crippen LogP contribution is 2.34. The molecule has 3 heteroatoms. The predicted molar refractivity (Wildman–Crippen MR) is 62.5 cm³/mol. The summed E-state index contributed by atoms with van der Waals surface area (Å²) in [7, 11) is 0. The van der Waals surface area contributed by atoms with Gasteiger partial charge in [-0.3, -0.25) is 0 Å². The first kappa shape index (κ1) is 12.5. The molecule has 0 radical (unpaired) electrons. The van der Waals surface area contributed by atoms with Crippen LogP contribution >= 0.6 is 0 Å². The molecule has 1 N–H and O–H groups in total. The molecule has 0 heterocycles. The number of hydrogen-bond donors (Lipinski definition) is 1. The van der Waals surface area contributed by atoms with Crippen molar-refractivity contribution in [2.24, 2.45) is 5.92 Å². The second kappa shape index (κ2) is 5.58. The lowest BCUT2D eigenvalue weighted by molar-refractivity contribution is 0.0945. The highest BCUT2D eigenvalue weighted by atomic mass is 19.2. The number of aliphatic hydroxyl groups excluding tert-OH is 1. The molecule has 17 heavy (non-hydrogen) atoms. The maximum absolute atomic E-state index is 13.6. The van der Waals surface area contributed by atoms with E-state index in [0.717, 1.165) is 31.7 Å². The second-order valence-corrected chi connectivity index (χ2v) is 4.84. The normalized spacial score (nSPS) is 19.9. The highest BCUT2D eigenvalue weighted by molar-refractivity contribution is 5.21. The smallest absolute Gasteiger partial charge is 0.164 e. The van der Waals surface area contributed by atoms with Gasteiger partial charge in [-0.15, -0.1) is 0 Å². The van der Waals surface area contributed by atoms with Crippen molar-refractivity contribution in [3.8, 4) is 0 Å². The van der Waals surface area contributed by atoms with E-state index in [0.29, 0.717) is 0 Å². The molecule has 0 spiro atoms. The van der Waals surface area contributed by atoms with E-state index in [4.69, 9.17) is 0 Å². The summed E-state index contributed by atoms with van der Waals surface area (Å²) in [5.41, 5.74) is 0.108. The SMILES string of the molecule is OC(c1cccc(F)c1F)C1CCCCCC1. The number of benzene rings is 1. The quantitative estimate of drug-likeness (QED) is 0.775. The average molecular weight is 240 g/mol. The number of rotatable bonds is 2. The Balaban J connectivity index is 2.17. The third-order valence-corrected chi connectivity index (χ3v) is 3.65. The van der Waals surface area contributed by atoms with Crippen molar-refractivity contribution in [1.29, 1.82) is 0 Å². The van der Waals surface area contributed by atoms with Crippen molar-refractivity contribution in [3.05, 3.63) is 35.4 Å². The van der Waals surface area contributed by atoms with E-state index in [1.807, 2.05) is 0 Å². The second-order valence-electron chi connectivity index (χ2n) is 4.84. The Labute approximate surface area is 100 Å². The lowest BCUT2D eigenvalue weighted by Gasteiger charge is -2.22. The van der Waals surface area contributed by atoms with E-state index in [1.165, 1.54) is 25.0 Å². The number of aliphatic hydroxyl groups is 1. The van der Waals surface area contributed by atoms with Gasteiger partial charge in [0.25, 0.3) is 0 Å². The van der Waals surface area contributed by atoms with Gasteiger partial charge in [0.1, 0.15) is 0 Å². The van der Waals surface area contributed by atoms with Crippen LogP contribution in [0.2, 0.25) is 0 Å². The summed E-state index contributed by atoms with van der Waals surface area (Å²) >= 11 is 0. The molecule has 1 fully saturated rings. The van der Waals surface area contributed by atoms with Gasteiger partial charge in [0.15, 0.2) is 11.6 Å². The molecular weight excluding hydrogens is 222 g/mol. The minimum atomic E-state index is -0.899. The highest BCUT2D eigenvalue weighted by Gasteiger charge is 2.25. The van der Waals surface area contributed by atoms with Gasteiger partial charge in [-0.25, -0.2) is 8.78 Å². The Kier molecular flexibility index (Phi) is 4.11. The lowest BCUT2D eigenvalue weighted by atomic mass is 9.89. The van der Waals surface area contributed by atoms with Crippen LogP contribution in [0.5, 0.6) is 0 Å². The fraction of sp³-hybridized carbons (Fsp3) is 0.571. The summed E-state index contributed by atoms with van der Waals surface area (Å²) < 4.78 is 26.7. The molecule has 0 amide bonds. The summed E-state index contributed by atoms with van der Waals surface area (Å²) in [5, 5.41) is 10.2. The van der Waals surface area contributed by atoms with Crippen LogP contribution in [0, 0.1) is 17.6 Å². The van der Waals surface area contributed by atoms with Crippen LogP contribution in [0.25, 0.3) is 0 Å². The van der Waals surface area contributed by atoms with Crippen molar-refractivity contribution in [2.45, 2.75) is 44.6 Å². The summed E-state index contributed by atoms with van der Waals surface area (Å²) in [6, 6.07) is 4.01. The molecule has 0 aliphatic heterocycles. The van der Waals surface area contributed by atoms with Crippen molar-refractivity contribution in [2.75, 3.05) is 0 Å². The van der Waals surface area contributed by atoms with Gasteiger partial charge in [-0.1, -0.05) is 37.8 Å². The van der Waals surface area contributed by atoms with Crippen LogP contribution < -0.4 is 0 Å². The molecule has 1 saturated carbocycles. The van der Waals surface area contributed by atoms with Gasteiger partial charge >= 0.3 is 0 Å². The maximum Gasteiger partial charge on any atom is 0.164 e. The van der Waals surface area contributed by atoms with Gasteiger partial charge in [0.2, 0.25) is 0 Å². The van der Waals surface area contributed by atoms with Crippen molar-refractivity contribution in [1.82, 2.24) is 0 Å². The molecular formula is C14H18F2O. The first-order valence-electron chi connectivity index (χ1n) is 6.32. The summed E-state index contributed by atoms with van der Waals surface area (Å²) in [6.45, 7) is 0.